The summed E-state index contributed by atoms with van der Waals surface area (Å²) in [7, 11) is 2.18. The Bertz CT molecular complexity index is 358. The van der Waals surface area contributed by atoms with Crippen LogP contribution in [0.2, 0.25) is 0 Å². The molecule has 0 radical (unpaired) electrons. The summed E-state index contributed by atoms with van der Waals surface area (Å²) in [5.41, 5.74) is 4.10. The molecule has 1 atom stereocenters. The molecule has 1 unspecified atom stereocenters. The Hall–Kier alpha value is -1.18. The molecule has 1 aliphatic rings. The highest BCUT2D eigenvalue weighted by Gasteiger charge is 2.21. The molecule has 15 heavy (non-hydrogen) atoms. The van der Waals surface area contributed by atoms with Crippen molar-refractivity contribution >= 4 is 11.4 Å². The monoisotopic (exact) mass is 204 g/mol. The highest BCUT2D eigenvalue weighted by Crippen LogP contribution is 2.36. The molecule has 0 bridgehead atoms. The molecule has 1 N–H and O–H groups in total. The van der Waals surface area contributed by atoms with Crippen molar-refractivity contribution in [3.63, 3.8) is 0 Å². The van der Waals surface area contributed by atoms with Gasteiger partial charge in [-0.05, 0) is 24.5 Å². The number of para-hydroxylation sites is 1. The second-order valence-electron chi connectivity index (χ2n) is 4.82. The minimum absolute atomic E-state index is 0.532. The van der Waals surface area contributed by atoms with Crippen LogP contribution in [-0.2, 0) is 0 Å². The fourth-order valence-corrected chi connectivity index (χ4v) is 2.38. The Morgan fingerprint density at radius 1 is 1.40 bits per heavy atom. The van der Waals surface area contributed by atoms with Gasteiger partial charge in [-0.25, -0.2) is 0 Å². The zero-order valence-corrected chi connectivity index (χ0v) is 10.0. The molecule has 2 nitrogen and oxygen atoms in total. The maximum absolute atomic E-state index is 3.54. The molecule has 82 valence electrons. The molecular weight excluding hydrogens is 184 g/mol. The summed E-state index contributed by atoms with van der Waals surface area (Å²) in [6.07, 6.45) is 0. The standard InChI is InChI=1S/C13H20N2/c1-9(2)11-6-5-7-12-13(11)15(4)8-10(3)14-12/h5-7,9-10,14H,8H2,1-4H3. The Labute approximate surface area is 92.3 Å². The fraction of sp³-hybridized carbons (Fsp3) is 0.538. The lowest BCUT2D eigenvalue weighted by atomic mass is 9.97. The molecule has 0 fully saturated rings. The van der Waals surface area contributed by atoms with E-state index >= 15 is 0 Å². The lowest BCUT2D eigenvalue weighted by Gasteiger charge is -2.35. The third kappa shape index (κ3) is 1.81. The summed E-state index contributed by atoms with van der Waals surface area (Å²) in [5, 5.41) is 3.54. The van der Waals surface area contributed by atoms with Gasteiger partial charge in [0.15, 0.2) is 0 Å². The highest BCUT2D eigenvalue weighted by atomic mass is 15.2. The predicted molar refractivity (Wildman–Crippen MR) is 66.9 cm³/mol. The number of likely N-dealkylation sites (N-methyl/N-ethyl adjacent to an activating group) is 1. The van der Waals surface area contributed by atoms with Gasteiger partial charge in [0.2, 0.25) is 0 Å². The van der Waals surface area contributed by atoms with E-state index in [0.717, 1.165) is 6.54 Å². The van der Waals surface area contributed by atoms with Crippen molar-refractivity contribution in [2.75, 3.05) is 23.8 Å². The van der Waals surface area contributed by atoms with E-state index in [2.05, 4.69) is 56.2 Å². The molecule has 0 aromatic heterocycles. The van der Waals surface area contributed by atoms with E-state index < -0.39 is 0 Å². The Balaban J connectivity index is 2.50. The Kier molecular flexibility index (Phi) is 2.59. The molecule has 1 aliphatic heterocycles. The van der Waals surface area contributed by atoms with Gasteiger partial charge in [0.05, 0.1) is 11.4 Å². The average molecular weight is 204 g/mol. The number of nitrogens with zero attached hydrogens (tertiary/aromatic N) is 1. The van der Waals surface area contributed by atoms with Crippen molar-refractivity contribution in [1.29, 1.82) is 0 Å². The third-order valence-electron chi connectivity index (χ3n) is 3.02. The molecule has 0 saturated heterocycles. The van der Waals surface area contributed by atoms with Gasteiger partial charge in [-0.1, -0.05) is 26.0 Å². The maximum Gasteiger partial charge on any atom is 0.0635 e. The van der Waals surface area contributed by atoms with Crippen molar-refractivity contribution in [2.24, 2.45) is 0 Å². The lowest BCUT2D eigenvalue weighted by Crippen LogP contribution is -2.38. The number of rotatable bonds is 1. The zero-order chi connectivity index (χ0) is 11.0. The molecule has 0 amide bonds. The van der Waals surface area contributed by atoms with Gasteiger partial charge in [-0.3, -0.25) is 0 Å². The summed E-state index contributed by atoms with van der Waals surface area (Å²) in [5.74, 6) is 0.581. The summed E-state index contributed by atoms with van der Waals surface area (Å²) < 4.78 is 0. The van der Waals surface area contributed by atoms with E-state index in [1.54, 1.807) is 0 Å². The number of hydrogen-bond acceptors (Lipinski definition) is 2. The Morgan fingerprint density at radius 3 is 2.80 bits per heavy atom. The number of nitrogens with one attached hydrogen (secondary N) is 1. The van der Waals surface area contributed by atoms with Gasteiger partial charge in [0, 0.05) is 19.6 Å². The first-order valence-electron chi connectivity index (χ1n) is 5.70. The van der Waals surface area contributed by atoms with Crippen LogP contribution in [0.4, 0.5) is 11.4 Å². The minimum Gasteiger partial charge on any atom is -0.379 e. The third-order valence-corrected chi connectivity index (χ3v) is 3.02. The predicted octanol–water partition coefficient (Wildman–Crippen LogP) is 3.06. The first-order chi connectivity index (χ1) is 7.09. The number of anilines is 2. The zero-order valence-electron chi connectivity index (χ0n) is 10.0. The topological polar surface area (TPSA) is 15.3 Å². The van der Waals surface area contributed by atoms with Gasteiger partial charge in [0.1, 0.15) is 0 Å². The molecule has 1 aromatic rings. The summed E-state index contributed by atoms with van der Waals surface area (Å²) >= 11 is 0. The lowest BCUT2D eigenvalue weighted by molar-refractivity contribution is 0.726. The van der Waals surface area contributed by atoms with Crippen molar-refractivity contribution in [3.05, 3.63) is 23.8 Å². The molecule has 0 saturated carbocycles. The van der Waals surface area contributed by atoms with Crippen LogP contribution in [0.25, 0.3) is 0 Å². The van der Waals surface area contributed by atoms with Crippen molar-refractivity contribution < 1.29 is 0 Å². The van der Waals surface area contributed by atoms with Crippen LogP contribution in [0.1, 0.15) is 32.3 Å². The summed E-state index contributed by atoms with van der Waals surface area (Å²) in [6, 6.07) is 7.09. The average Bonchev–Trinajstić information content (AvgIpc) is 2.16. The normalized spacial score (nSPS) is 20.1. The SMILES string of the molecule is CC1CN(C)c2c(cccc2C(C)C)N1. The van der Waals surface area contributed by atoms with Gasteiger partial charge < -0.3 is 10.2 Å². The van der Waals surface area contributed by atoms with Crippen molar-refractivity contribution in [1.82, 2.24) is 0 Å². The van der Waals surface area contributed by atoms with Crippen molar-refractivity contribution in [2.45, 2.75) is 32.7 Å². The van der Waals surface area contributed by atoms with Crippen LogP contribution in [0.5, 0.6) is 0 Å². The minimum atomic E-state index is 0.532. The van der Waals surface area contributed by atoms with E-state index in [9.17, 15) is 0 Å². The van der Waals surface area contributed by atoms with Crippen LogP contribution in [-0.4, -0.2) is 19.6 Å². The van der Waals surface area contributed by atoms with E-state index in [-0.39, 0.29) is 0 Å². The van der Waals surface area contributed by atoms with Gasteiger partial charge in [-0.2, -0.15) is 0 Å². The largest absolute Gasteiger partial charge is 0.379 e. The van der Waals surface area contributed by atoms with E-state index in [1.165, 1.54) is 16.9 Å². The number of fused-ring (bicyclic) bond motifs is 1. The first-order valence-corrected chi connectivity index (χ1v) is 5.70. The van der Waals surface area contributed by atoms with Gasteiger partial charge in [0.25, 0.3) is 0 Å². The van der Waals surface area contributed by atoms with E-state index in [4.69, 9.17) is 0 Å². The molecule has 2 rings (SSSR count). The van der Waals surface area contributed by atoms with Gasteiger partial charge >= 0.3 is 0 Å². The maximum atomic E-state index is 3.54. The van der Waals surface area contributed by atoms with Crippen LogP contribution in [0, 0.1) is 0 Å². The fourth-order valence-electron chi connectivity index (χ4n) is 2.38. The van der Waals surface area contributed by atoms with Crippen LogP contribution >= 0.6 is 0 Å². The second-order valence-corrected chi connectivity index (χ2v) is 4.82. The van der Waals surface area contributed by atoms with Crippen molar-refractivity contribution in [3.8, 4) is 0 Å². The second kappa shape index (κ2) is 3.76. The molecular formula is C13H20N2. The van der Waals surface area contributed by atoms with Crippen LogP contribution < -0.4 is 10.2 Å². The summed E-state index contributed by atoms with van der Waals surface area (Å²) in [6.45, 7) is 7.81. The molecule has 1 heterocycles. The molecule has 0 spiro atoms. The van der Waals surface area contributed by atoms with Crippen LogP contribution in [0.3, 0.4) is 0 Å². The molecule has 1 aromatic carbocycles. The van der Waals surface area contributed by atoms with Crippen LogP contribution in [0.15, 0.2) is 18.2 Å². The molecule has 2 heteroatoms. The van der Waals surface area contributed by atoms with E-state index in [1.807, 2.05) is 0 Å². The number of benzene rings is 1. The number of hydrogen-bond donors (Lipinski definition) is 1. The molecule has 0 aliphatic carbocycles. The van der Waals surface area contributed by atoms with Gasteiger partial charge in [-0.15, -0.1) is 0 Å². The quantitative estimate of drug-likeness (QED) is 0.756. The highest BCUT2D eigenvalue weighted by molar-refractivity contribution is 5.76. The first kappa shape index (κ1) is 10.3. The smallest absolute Gasteiger partial charge is 0.0635 e. The Morgan fingerprint density at radius 2 is 2.13 bits per heavy atom. The van der Waals surface area contributed by atoms with E-state index in [0.29, 0.717) is 12.0 Å². The summed E-state index contributed by atoms with van der Waals surface area (Å²) in [4.78, 5) is 2.37.